The summed E-state index contributed by atoms with van der Waals surface area (Å²) in [5.41, 5.74) is 1.91. The molecular formula is C15H16ClNO3. The van der Waals surface area contributed by atoms with Crippen LogP contribution in [0.4, 0.5) is 5.69 Å². The average molecular weight is 294 g/mol. The van der Waals surface area contributed by atoms with Crippen LogP contribution in [-0.2, 0) is 16.0 Å². The Hall–Kier alpha value is -1.55. The van der Waals surface area contributed by atoms with Crippen LogP contribution in [0.1, 0.15) is 24.8 Å². The second-order valence-corrected chi connectivity index (χ2v) is 5.93. The smallest absolute Gasteiger partial charge is 0.306 e. The van der Waals surface area contributed by atoms with Gasteiger partial charge < -0.3 is 10.0 Å². The van der Waals surface area contributed by atoms with Crippen LogP contribution in [0.3, 0.4) is 0 Å². The molecule has 4 nitrogen and oxygen atoms in total. The highest BCUT2D eigenvalue weighted by Crippen LogP contribution is 2.38. The fourth-order valence-electron chi connectivity index (χ4n) is 3.27. The summed E-state index contributed by atoms with van der Waals surface area (Å²) >= 11 is 6.15. The molecule has 2 aliphatic rings. The zero-order valence-corrected chi connectivity index (χ0v) is 11.8. The molecular weight excluding hydrogens is 278 g/mol. The van der Waals surface area contributed by atoms with Gasteiger partial charge in [0.05, 0.1) is 5.92 Å². The lowest BCUT2D eigenvalue weighted by Crippen LogP contribution is -2.34. The molecule has 0 radical (unpaired) electrons. The van der Waals surface area contributed by atoms with E-state index in [1.165, 1.54) is 0 Å². The molecule has 0 spiro atoms. The van der Waals surface area contributed by atoms with Crippen molar-refractivity contribution in [2.24, 2.45) is 11.8 Å². The maximum Gasteiger partial charge on any atom is 0.306 e. The Kier molecular flexibility index (Phi) is 3.42. The molecule has 2 atom stereocenters. The van der Waals surface area contributed by atoms with Crippen molar-refractivity contribution in [1.82, 2.24) is 0 Å². The van der Waals surface area contributed by atoms with E-state index in [1.807, 2.05) is 18.2 Å². The van der Waals surface area contributed by atoms with Crippen molar-refractivity contribution in [2.75, 3.05) is 11.4 Å². The van der Waals surface area contributed by atoms with Gasteiger partial charge in [0.25, 0.3) is 0 Å². The number of hydrogen-bond acceptors (Lipinski definition) is 2. The summed E-state index contributed by atoms with van der Waals surface area (Å²) in [6, 6.07) is 5.60. The van der Waals surface area contributed by atoms with Crippen LogP contribution in [0, 0.1) is 11.8 Å². The standard InChI is InChI=1S/C15H16ClNO3/c16-12-2-1-3-13-11(12)6-7-17(13)14(18)9-4-5-10(8-9)15(19)20/h1-3,9-10H,4-8H2,(H,19,20)/t9-,10+/m0/s1. The van der Waals surface area contributed by atoms with E-state index in [1.54, 1.807) is 4.90 Å². The van der Waals surface area contributed by atoms with Crippen LogP contribution in [0.15, 0.2) is 18.2 Å². The first-order chi connectivity index (χ1) is 9.58. The quantitative estimate of drug-likeness (QED) is 0.912. The number of amides is 1. The Morgan fingerprint density at radius 3 is 2.70 bits per heavy atom. The molecule has 1 heterocycles. The van der Waals surface area contributed by atoms with Gasteiger partial charge in [-0.25, -0.2) is 0 Å². The van der Waals surface area contributed by atoms with Gasteiger partial charge in [-0.3, -0.25) is 9.59 Å². The largest absolute Gasteiger partial charge is 0.481 e. The van der Waals surface area contributed by atoms with E-state index in [4.69, 9.17) is 16.7 Å². The lowest BCUT2D eigenvalue weighted by molar-refractivity contribution is -0.141. The van der Waals surface area contributed by atoms with Crippen LogP contribution in [-0.4, -0.2) is 23.5 Å². The highest BCUT2D eigenvalue weighted by molar-refractivity contribution is 6.32. The molecule has 106 valence electrons. The number of benzene rings is 1. The van der Waals surface area contributed by atoms with Crippen LogP contribution >= 0.6 is 11.6 Å². The minimum absolute atomic E-state index is 0.0507. The molecule has 5 heteroatoms. The molecule has 1 aromatic rings. The molecule has 0 unspecified atom stereocenters. The Morgan fingerprint density at radius 2 is 2.00 bits per heavy atom. The van der Waals surface area contributed by atoms with E-state index in [0.29, 0.717) is 30.8 Å². The third-order valence-electron chi connectivity index (χ3n) is 4.37. The minimum Gasteiger partial charge on any atom is -0.481 e. The van der Waals surface area contributed by atoms with Crippen molar-refractivity contribution in [2.45, 2.75) is 25.7 Å². The Morgan fingerprint density at radius 1 is 1.25 bits per heavy atom. The first-order valence-electron chi connectivity index (χ1n) is 6.89. The van der Waals surface area contributed by atoms with Crippen molar-refractivity contribution < 1.29 is 14.7 Å². The summed E-state index contributed by atoms with van der Waals surface area (Å²) in [6.45, 7) is 0.645. The van der Waals surface area contributed by atoms with Crippen LogP contribution < -0.4 is 4.90 Å². The summed E-state index contributed by atoms with van der Waals surface area (Å²) < 4.78 is 0. The lowest BCUT2D eigenvalue weighted by Gasteiger charge is -2.21. The monoisotopic (exact) mass is 293 g/mol. The summed E-state index contributed by atoms with van der Waals surface area (Å²) in [5.74, 6) is -1.27. The van der Waals surface area contributed by atoms with E-state index in [9.17, 15) is 9.59 Å². The second kappa shape index (κ2) is 5.09. The summed E-state index contributed by atoms with van der Waals surface area (Å²) in [7, 11) is 0. The number of rotatable bonds is 2. The number of carbonyl (C=O) groups is 2. The number of fused-ring (bicyclic) bond motifs is 1. The van der Waals surface area contributed by atoms with E-state index in [-0.39, 0.29) is 17.7 Å². The number of carboxylic acid groups (broad SMARTS) is 1. The summed E-state index contributed by atoms with van der Waals surface area (Å²) in [5, 5.41) is 9.73. The highest BCUT2D eigenvalue weighted by Gasteiger charge is 2.38. The predicted molar refractivity (Wildman–Crippen MR) is 76.0 cm³/mol. The normalized spacial score (nSPS) is 24.8. The van der Waals surface area contributed by atoms with Gasteiger partial charge in [0.2, 0.25) is 5.91 Å². The third kappa shape index (κ3) is 2.18. The fraction of sp³-hybridized carbons (Fsp3) is 0.467. The fourth-order valence-corrected chi connectivity index (χ4v) is 3.54. The van der Waals surface area contributed by atoms with Crippen molar-refractivity contribution in [1.29, 1.82) is 0 Å². The number of halogens is 1. The molecule has 20 heavy (non-hydrogen) atoms. The van der Waals surface area contributed by atoms with Gasteiger partial charge >= 0.3 is 5.97 Å². The highest BCUT2D eigenvalue weighted by atomic mass is 35.5. The van der Waals surface area contributed by atoms with Gasteiger partial charge in [0, 0.05) is 23.2 Å². The van der Waals surface area contributed by atoms with Crippen LogP contribution in [0.25, 0.3) is 0 Å². The molecule has 1 N–H and O–H groups in total. The molecule has 1 aromatic carbocycles. The lowest BCUT2D eigenvalue weighted by atomic mass is 10.0. The van der Waals surface area contributed by atoms with Gasteiger partial charge in [-0.15, -0.1) is 0 Å². The van der Waals surface area contributed by atoms with Crippen LogP contribution in [0.2, 0.25) is 5.02 Å². The van der Waals surface area contributed by atoms with Crippen molar-refractivity contribution >= 4 is 29.2 Å². The first kappa shape index (κ1) is 13.4. The number of carbonyl (C=O) groups excluding carboxylic acids is 1. The van der Waals surface area contributed by atoms with Gasteiger partial charge in [0.1, 0.15) is 0 Å². The van der Waals surface area contributed by atoms with Crippen molar-refractivity contribution in [3.63, 3.8) is 0 Å². The van der Waals surface area contributed by atoms with E-state index in [0.717, 1.165) is 17.7 Å². The SMILES string of the molecule is O=C(O)[C@@H]1CC[C@H](C(=O)N2CCc3c(Cl)cccc32)C1. The topological polar surface area (TPSA) is 57.6 Å². The second-order valence-electron chi connectivity index (χ2n) is 5.52. The minimum atomic E-state index is -0.787. The summed E-state index contributed by atoms with van der Waals surface area (Å²) in [6.07, 6.45) is 2.50. The Balaban J connectivity index is 1.78. The maximum absolute atomic E-state index is 12.6. The average Bonchev–Trinajstić information content (AvgIpc) is 3.05. The first-order valence-corrected chi connectivity index (χ1v) is 7.27. The zero-order chi connectivity index (χ0) is 14.3. The van der Waals surface area contributed by atoms with Gasteiger partial charge in [-0.05, 0) is 43.4 Å². The van der Waals surface area contributed by atoms with E-state index >= 15 is 0 Å². The molecule has 1 aliphatic heterocycles. The van der Waals surface area contributed by atoms with E-state index < -0.39 is 5.97 Å². The summed E-state index contributed by atoms with van der Waals surface area (Å²) in [4.78, 5) is 25.3. The Labute approximate surface area is 122 Å². The molecule has 0 aromatic heterocycles. The van der Waals surface area contributed by atoms with Crippen LogP contribution in [0.5, 0.6) is 0 Å². The van der Waals surface area contributed by atoms with Gasteiger partial charge in [0.15, 0.2) is 0 Å². The van der Waals surface area contributed by atoms with Gasteiger partial charge in [-0.1, -0.05) is 17.7 Å². The number of carboxylic acids is 1. The number of anilines is 1. The van der Waals surface area contributed by atoms with Gasteiger partial charge in [-0.2, -0.15) is 0 Å². The number of nitrogens with zero attached hydrogens (tertiary/aromatic N) is 1. The number of aliphatic carboxylic acids is 1. The van der Waals surface area contributed by atoms with E-state index in [2.05, 4.69) is 0 Å². The predicted octanol–water partition coefficient (Wildman–Crippen LogP) is 2.73. The number of hydrogen-bond donors (Lipinski definition) is 1. The molecule has 3 rings (SSSR count). The van der Waals surface area contributed by atoms with Crippen molar-refractivity contribution in [3.05, 3.63) is 28.8 Å². The molecule has 0 saturated heterocycles. The molecule has 0 bridgehead atoms. The molecule has 1 saturated carbocycles. The van der Waals surface area contributed by atoms with Crippen molar-refractivity contribution in [3.8, 4) is 0 Å². The molecule has 1 fully saturated rings. The zero-order valence-electron chi connectivity index (χ0n) is 11.0. The molecule has 1 aliphatic carbocycles. The third-order valence-corrected chi connectivity index (χ3v) is 4.72. The molecule has 1 amide bonds. The Bertz CT molecular complexity index is 572. The maximum atomic E-state index is 12.6.